The van der Waals surface area contributed by atoms with Gasteiger partial charge in [0, 0.05) is 25.0 Å². The number of hydrogen-bond donors (Lipinski definition) is 2. The average molecular weight is 300 g/mol. The van der Waals surface area contributed by atoms with Crippen molar-refractivity contribution >= 4 is 18.0 Å². The van der Waals surface area contributed by atoms with E-state index in [1.807, 2.05) is 0 Å². The predicted octanol–water partition coefficient (Wildman–Crippen LogP) is 1.22. The van der Waals surface area contributed by atoms with Crippen LogP contribution < -0.4 is 5.32 Å². The van der Waals surface area contributed by atoms with Gasteiger partial charge >= 0.3 is 18.0 Å². The molecule has 7 nitrogen and oxygen atoms in total. The van der Waals surface area contributed by atoms with Gasteiger partial charge in [0.25, 0.3) is 0 Å². The van der Waals surface area contributed by atoms with Crippen molar-refractivity contribution in [2.45, 2.75) is 45.1 Å². The molecule has 1 aliphatic rings. The molecule has 1 aliphatic heterocycles. The highest BCUT2D eigenvalue weighted by atomic mass is 16.5. The van der Waals surface area contributed by atoms with Crippen molar-refractivity contribution in [1.82, 2.24) is 10.2 Å². The summed E-state index contributed by atoms with van der Waals surface area (Å²) in [7, 11) is 1.37. The normalized spacial score (nSPS) is 16.4. The number of nitrogens with one attached hydrogen (secondary N) is 1. The van der Waals surface area contributed by atoms with Crippen LogP contribution in [0.25, 0.3) is 0 Å². The van der Waals surface area contributed by atoms with Crippen molar-refractivity contribution in [3.8, 4) is 0 Å². The van der Waals surface area contributed by atoms with Gasteiger partial charge in [0.15, 0.2) is 0 Å². The Hall–Kier alpha value is -1.79. The molecule has 0 atom stereocenters. The number of hydrogen-bond acceptors (Lipinski definition) is 4. The summed E-state index contributed by atoms with van der Waals surface area (Å²) < 4.78 is 4.71. The minimum absolute atomic E-state index is 0.0116. The second-order valence-corrected chi connectivity index (χ2v) is 5.99. The fraction of sp³-hybridized carbons (Fsp3) is 0.786. The standard InChI is InChI=1S/C14H24N2O5/c1-14(2,7-4-11(17)18)15-13(20)16-8-5-10(6-9-16)12(19)21-3/h10H,4-9H2,1-3H3,(H,15,20)(H,17,18). The summed E-state index contributed by atoms with van der Waals surface area (Å²) in [4.78, 5) is 35.8. The Morgan fingerprint density at radius 2 is 1.86 bits per heavy atom. The Kier molecular flexibility index (Phi) is 5.99. The van der Waals surface area contributed by atoms with Gasteiger partial charge in [-0.3, -0.25) is 9.59 Å². The molecular formula is C14H24N2O5. The van der Waals surface area contributed by atoms with E-state index in [-0.39, 0.29) is 24.3 Å². The Morgan fingerprint density at radius 1 is 1.29 bits per heavy atom. The smallest absolute Gasteiger partial charge is 0.317 e. The van der Waals surface area contributed by atoms with E-state index in [0.717, 1.165) is 0 Å². The van der Waals surface area contributed by atoms with Gasteiger partial charge in [-0.15, -0.1) is 0 Å². The van der Waals surface area contributed by atoms with E-state index in [2.05, 4.69) is 5.32 Å². The molecule has 1 fully saturated rings. The number of methoxy groups -OCH3 is 1. The van der Waals surface area contributed by atoms with Crippen LogP contribution in [0.5, 0.6) is 0 Å². The highest BCUT2D eigenvalue weighted by Crippen LogP contribution is 2.19. The van der Waals surface area contributed by atoms with Gasteiger partial charge in [-0.25, -0.2) is 4.79 Å². The molecule has 7 heteroatoms. The summed E-state index contributed by atoms with van der Waals surface area (Å²) in [5.41, 5.74) is -0.575. The Morgan fingerprint density at radius 3 is 2.33 bits per heavy atom. The molecule has 0 bridgehead atoms. The van der Waals surface area contributed by atoms with Crippen LogP contribution in [0.2, 0.25) is 0 Å². The first-order chi connectivity index (χ1) is 9.75. The van der Waals surface area contributed by atoms with Crippen LogP contribution in [0.15, 0.2) is 0 Å². The van der Waals surface area contributed by atoms with E-state index in [1.165, 1.54) is 7.11 Å². The number of amides is 2. The summed E-state index contributed by atoms with van der Waals surface area (Å²) in [5.74, 6) is -1.24. The highest BCUT2D eigenvalue weighted by Gasteiger charge is 2.30. The summed E-state index contributed by atoms with van der Waals surface area (Å²) in [6.45, 7) is 4.60. The van der Waals surface area contributed by atoms with Crippen LogP contribution >= 0.6 is 0 Å². The molecule has 21 heavy (non-hydrogen) atoms. The van der Waals surface area contributed by atoms with E-state index in [9.17, 15) is 14.4 Å². The number of likely N-dealkylation sites (tertiary alicyclic amines) is 1. The zero-order valence-corrected chi connectivity index (χ0v) is 12.8. The molecule has 0 aromatic rings. The van der Waals surface area contributed by atoms with Crippen molar-refractivity contribution in [1.29, 1.82) is 0 Å². The number of aliphatic carboxylic acids is 1. The van der Waals surface area contributed by atoms with Gasteiger partial charge in [0.1, 0.15) is 0 Å². The van der Waals surface area contributed by atoms with Gasteiger partial charge in [-0.2, -0.15) is 0 Å². The van der Waals surface area contributed by atoms with E-state index in [1.54, 1.807) is 18.7 Å². The second-order valence-electron chi connectivity index (χ2n) is 5.99. The topological polar surface area (TPSA) is 95.9 Å². The summed E-state index contributed by atoms with van der Waals surface area (Å²) in [6.07, 6.45) is 1.57. The lowest BCUT2D eigenvalue weighted by molar-refractivity contribution is -0.146. The molecule has 2 N–H and O–H groups in total. The van der Waals surface area contributed by atoms with Crippen LogP contribution in [-0.2, 0) is 14.3 Å². The number of carbonyl (C=O) groups is 3. The number of carboxylic acids is 1. The number of ether oxygens (including phenoxy) is 1. The Labute approximate surface area is 124 Å². The first-order valence-electron chi connectivity index (χ1n) is 7.12. The van der Waals surface area contributed by atoms with Crippen molar-refractivity contribution in [2.75, 3.05) is 20.2 Å². The molecule has 0 aromatic carbocycles. The molecule has 0 radical (unpaired) electrons. The molecule has 1 rings (SSSR count). The number of esters is 1. The van der Waals surface area contributed by atoms with E-state index in [4.69, 9.17) is 9.84 Å². The fourth-order valence-electron chi connectivity index (χ4n) is 2.34. The van der Waals surface area contributed by atoms with Crippen LogP contribution in [0, 0.1) is 5.92 Å². The van der Waals surface area contributed by atoms with Gasteiger partial charge in [0.2, 0.25) is 0 Å². The first-order valence-corrected chi connectivity index (χ1v) is 7.12. The molecule has 0 aromatic heterocycles. The van der Waals surface area contributed by atoms with Crippen LogP contribution in [0.3, 0.4) is 0 Å². The van der Waals surface area contributed by atoms with Crippen molar-refractivity contribution in [2.24, 2.45) is 5.92 Å². The number of carbonyl (C=O) groups excluding carboxylic acids is 2. The van der Waals surface area contributed by atoms with Gasteiger partial charge < -0.3 is 20.1 Å². The van der Waals surface area contributed by atoms with Gasteiger partial charge in [0.05, 0.1) is 13.0 Å². The summed E-state index contributed by atoms with van der Waals surface area (Å²) >= 11 is 0. The maximum Gasteiger partial charge on any atom is 0.317 e. The zero-order valence-electron chi connectivity index (χ0n) is 12.8. The largest absolute Gasteiger partial charge is 0.481 e. The number of nitrogens with zero attached hydrogens (tertiary/aromatic N) is 1. The van der Waals surface area contributed by atoms with Crippen molar-refractivity contribution < 1.29 is 24.2 Å². The third-order valence-corrected chi connectivity index (χ3v) is 3.73. The lowest BCUT2D eigenvalue weighted by atomic mass is 9.96. The SMILES string of the molecule is COC(=O)C1CCN(C(=O)NC(C)(C)CCC(=O)O)CC1. The van der Waals surface area contributed by atoms with Crippen LogP contribution in [0.4, 0.5) is 4.79 Å². The molecule has 0 unspecified atom stereocenters. The monoisotopic (exact) mass is 300 g/mol. The highest BCUT2D eigenvalue weighted by molar-refractivity contribution is 5.76. The third kappa shape index (κ3) is 5.61. The molecule has 1 heterocycles. The van der Waals surface area contributed by atoms with Crippen LogP contribution in [0.1, 0.15) is 39.5 Å². The molecule has 2 amide bonds. The number of carboxylic acid groups (broad SMARTS) is 1. The van der Waals surface area contributed by atoms with Crippen molar-refractivity contribution in [3.63, 3.8) is 0 Å². The number of urea groups is 1. The quantitative estimate of drug-likeness (QED) is 0.744. The lowest BCUT2D eigenvalue weighted by Crippen LogP contribution is -2.52. The second kappa shape index (κ2) is 7.28. The van der Waals surface area contributed by atoms with Crippen molar-refractivity contribution in [3.05, 3.63) is 0 Å². The number of rotatable bonds is 5. The minimum atomic E-state index is -0.879. The van der Waals surface area contributed by atoms with Gasteiger partial charge in [-0.05, 0) is 33.1 Å². The van der Waals surface area contributed by atoms with Gasteiger partial charge in [-0.1, -0.05) is 0 Å². The maximum absolute atomic E-state index is 12.2. The summed E-state index contributed by atoms with van der Waals surface area (Å²) in [6, 6.07) is -0.214. The van der Waals surface area contributed by atoms with E-state index >= 15 is 0 Å². The summed E-state index contributed by atoms with van der Waals surface area (Å²) in [5, 5.41) is 11.5. The minimum Gasteiger partial charge on any atom is -0.481 e. The predicted molar refractivity (Wildman–Crippen MR) is 75.8 cm³/mol. The molecular weight excluding hydrogens is 276 g/mol. The zero-order chi connectivity index (χ0) is 16.0. The number of piperidine rings is 1. The third-order valence-electron chi connectivity index (χ3n) is 3.73. The molecule has 0 spiro atoms. The molecule has 0 aliphatic carbocycles. The molecule has 0 saturated carbocycles. The fourth-order valence-corrected chi connectivity index (χ4v) is 2.34. The Balaban J connectivity index is 2.43. The maximum atomic E-state index is 12.2. The Bertz CT molecular complexity index is 400. The van der Waals surface area contributed by atoms with E-state index < -0.39 is 11.5 Å². The van der Waals surface area contributed by atoms with E-state index in [0.29, 0.717) is 32.4 Å². The average Bonchev–Trinajstić information content (AvgIpc) is 2.44. The van der Waals surface area contributed by atoms with Crippen LogP contribution in [-0.4, -0.2) is 53.7 Å². The first kappa shape index (κ1) is 17.3. The molecule has 1 saturated heterocycles. The molecule has 120 valence electrons. The lowest BCUT2D eigenvalue weighted by Gasteiger charge is -2.34.